The first kappa shape index (κ1) is 15.5. The molecule has 0 bridgehead atoms. The van der Waals surface area contributed by atoms with Gasteiger partial charge in [0.2, 0.25) is 0 Å². The van der Waals surface area contributed by atoms with E-state index in [-0.39, 0.29) is 9.84 Å². The van der Waals surface area contributed by atoms with Crippen LogP contribution in [-0.2, 0) is 0 Å². The summed E-state index contributed by atoms with van der Waals surface area (Å²) in [6, 6.07) is 0.920. The highest BCUT2D eigenvalue weighted by Gasteiger charge is 2.42. The molecule has 0 amide bonds. The Labute approximate surface area is 122 Å². The average Bonchev–Trinajstić information content (AvgIpc) is 2.44. The summed E-state index contributed by atoms with van der Waals surface area (Å²) >= 11 is 0. The van der Waals surface area contributed by atoms with Crippen LogP contribution in [0.3, 0.4) is 0 Å². The van der Waals surface area contributed by atoms with Crippen LogP contribution in [0.2, 0.25) is 0 Å². The van der Waals surface area contributed by atoms with Crippen molar-refractivity contribution < 1.29 is 0 Å². The summed E-state index contributed by atoms with van der Waals surface area (Å²) in [5.74, 6) is 0. The molecule has 4 heteroatoms. The van der Waals surface area contributed by atoms with E-state index in [0.717, 1.165) is 6.04 Å². The van der Waals surface area contributed by atoms with Gasteiger partial charge < -0.3 is 0 Å². The van der Waals surface area contributed by atoms with Crippen LogP contribution in [0.5, 0.6) is 0 Å². The zero-order chi connectivity index (χ0) is 13.7. The zero-order valence-corrected chi connectivity index (χ0v) is 14.7. The largest absolute Gasteiger partial charge is 0.289 e. The van der Waals surface area contributed by atoms with Gasteiger partial charge in [0, 0.05) is 6.04 Å². The van der Waals surface area contributed by atoms with Gasteiger partial charge in [0.1, 0.15) is 6.29 Å². The van der Waals surface area contributed by atoms with Crippen LogP contribution >= 0.6 is 0 Å². The van der Waals surface area contributed by atoms with Crippen molar-refractivity contribution in [3.8, 4) is 0 Å². The smallest absolute Gasteiger partial charge is 0.177 e. The fourth-order valence-electron chi connectivity index (χ4n) is 3.72. The molecule has 0 spiro atoms. The predicted octanol–water partition coefficient (Wildman–Crippen LogP) is 2.36. The van der Waals surface area contributed by atoms with Gasteiger partial charge in [-0.05, 0) is 38.9 Å². The highest BCUT2D eigenvalue weighted by Crippen LogP contribution is 2.30. The van der Waals surface area contributed by atoms with Crippen LogP contribution in [0.15, 0.2) is 0 Å². The number of rotatable bonds is 7. The molecular formula is C15H33N3Si. The van der Waals surface area contributed by atoms with Gasteiger partial charge in [-0.15, -0.1) is 0 Å². The summed E-state index contributed by atoms with van der Waals surface area (Å²) in [4.78, 5) is 2.67. The van der Waals surface area contributed by atoms with Crippen molar-refractivity contribution in [3.05, 3.63) is 0 Å². The highest BCUT2D eigenvalue weighted by atomic mass is 28.2. The van der Waals surface area contributed by atoms with E-state index in [2.05, 4.69) is 34.8 Å². The summed E-state index contributed by atoms with van der Waals surface area (Å²) in [6.45, 7) is 10.7. The molecule has 1 aliphatic heterocycles. The molecule has 0 N–H and O–H groups in total. The van der Waals surface area contributed by atoms with Gasteiger partial charge in [-0.1, -0.05) is 46.5 Å². The lowest BCUT2D eigenvalue weighted by atomic mass is 9.95. The van der Waals surface area contributed by atoms with Gasteiger partial charge in [0.15, 0.2) is 9.84 Å². The average molecular weight is 284 g/mol. The Morgan fingerprint density at radius 3 is 2.32 bits per heavy atom. The molecule has 1 unspecified atom stereocenters. The van der Waals surface area contributed by atoms with Crippen LogP contribution in [0, 0.1) is 0 Å². The Kier molecular flexibility index (Phi) is 6.33. The van der Waals surface area contributed by atoms with Gasteiger partial charge in [-0.25, -0.2) is 0 Å². The minimum atomic E-state index is -0.116. The second-order valence-electron chi connectivity index (χ2n) is 6.18. The standard InChI is InChI=1S/C15H33N3Si/c1-4-7-13-17-15(16(5-2)6-3)18(19-17)14-11-9-8-10-12-14/h14-15H,4-13,19H2,1-3H3. The Balaban J connectivity index is 1.94. The molecule has 0 aromatic heterocycles. The first-order valence-electron chi connectivity index (χ1n) is 8.55. The molecule has 0 radical (unpaired) electrons. The quantitative estimate of drug-likeness (QED) is 0.664. The van der Waals surface area contributed by atoms with Crippen molar-refractivity contribution in [1.29, 1.82) is 0 Å². The van der Waals surface area contributed by atoms with E-state index in [9.17, 15) is 0 Å². The first-order valence-corrected chi connectivity index (χ1v) is 9.82. The fourth-order valence-corrected chi connectivity index (χ4v) is 5.99. The van der Waals surface area contributed by atoms with Gasteiger partial charge in [-0.2, -0.15) is 0 Å². The summed E-state index contributed by atoms with van der Waals surface area (Å²) in [6.07, 6.45) is 10.7. The molecule has 1 saturated heterocycles. The van der Waals surface area contributed by atoms with Crippen molar-refractivity contribution in [2.45, 2.75) is 78.0 Å². The van der Waals surface area contributed by atoms with Crippen molar-refractivity contribution in [2.24, 2.45) is 0 Å². The van der Waals surface area contributed by atoms with Gasteiger partial charge in [0.05, 0.1) is 0 Å². The molecule has 2 rings (SSSR count). The molecule has 112 valence electrons. The van der Waals surface area contributed by atoms with E-state index < -0.39 is 0 Å². The van der Waals surface area contributed by atoms with Crippen molar-refractivity contribution >= 4 is 9.84 Å². The lowest BCUT2D eigenvalue weighted by Gasteiger charge is -2.58. The minimum Gasteiger partial charge on any atom is -0.289 e. The number of unbranched alkanes of at least 4 members (excludes halogenated alkanes) is 1. The third-order valence-electron chi connectivity index (χ3n) is 4.95. The zero-order valence-electron chi connectivity index (χ0n) is 13.3. The van der Waals surface area contributed by atoms with Crippen LogP contribution in [0.1, 0.15) is 65.7 Å². The molecule has 1 atom stereocenters. The molecule has 1 heterocycles. The third kappa shape index (κ3) is 3.60. The van der Waals surface area contributed by atoms with E-state index in [1.54, 1.807) is 0 Å². The SMILES string of the molecule is CCCCN1[SiH2]N(C2CCCCC2)C1N(CC)CC. The van der Waals surface area contributed by atoms with Gasteiger partial charge in [0.25, 0.3) is 0 Å². The summed E-state index contributed by atoms with van der Waals surface area (Å²) in [5, 5.41) is 0. The highest BCUT2D eigenvalue weighted by molar-refractivity contribution is 6.32. The Morgan fingerprint density at radius 1 is 1.05 bits per heavy atom. The fraction of sp³-hybridized carbons (Fsp3) is 1.00. The Morgan fingerprint density at radius 2 is 1.74 bits per heavy atom. The monoisotopic (exact) mass is 283 g/mol. The maximum absolute atomic E-state index is 2.92. The number of nitrogens with zero attached hydrogens (tertiary/aromatic N) is 3. The van der Waals surface area contributed by atoms with Gasteiger partial charge >= 0.3 is 0 Å². The van der Waals surface area contributed by atoms with Crippen LogP contribution in [0.4, 0.5) is 0 Å². The van der Waals surface area contributed by atoms with E-state index in [1.165, 1.54) is 64.6 Å². The molecular weight excluding hydrogens is 250 g/mol. The molecule has 1 saturated carbocycles. The Bertz CT molecular complexity index is 252. The van der Waals surface area contributed by atoms with Crippen LogP contribution in [0.25, 0.3) is 0 Å². The van der Waals surface area contributed by atoms with E-state index in [1.807, 2.05) is 0 Å². The molecule has 0 aromatic carbocycles. The number of hydrogen-bond donors (Lipinski definition) is 0. The summed E-state index contributed by atoms with van der Waals surface area (Å²) in [7, 11) is -0.116. The second kappa shape index (κ2) is 7.77. The van der Waals surface area contributed by atoms with Crippen LogP contribution < -0.4 is 0 Å². The molecule has 0 aromatic rings. The van der Waals surface area contributed by atoms with Crippen molar-refractivity contribution in [2.75, 3.05) is 19.6 Å². The maximum atomic E-state index is 2.92. The van der Waals surface area contributed by atoms with Gasteiger partial charge in [-0.3, -0.25) is 14.0 Å². The third-order valence-corrected chi connectivity index (χ3v) is 7.13. The Hall–Kier alpha value is 0.0969. The predicted molar refractivity (Wildman–Crippen MR) is 85.6 cm³/mol. The van der Waals surface area contributed by atoms with Crippen molar-refractivity contribution in [3.63, 3.8) is 0 Å². The molecule has 3 nitrogen and oxygen atoms in total. The molecule has 19 heavy (non-hydrogen) atoms. The summed E-state index contributed by atoms with van der Waals surface area (Å²) < 4.78 is 5.74. The van der Waals surface area contributed by atoms with E-state index in [0.29, 0.717) is 6.29 Å². The second-order valence-corrected chi connectivity index (χ2v) is 8.01. The normalized spacial score (nSPS) is 28.1. The molecule has 2 aliphatic rings. The lowest BCUT2D eigenvalue weighted by molar-refractivity contribution is -0.0646. The lowest BCUT2D eigenvalue weighted by Crippen LogP contribution is -2.75. The van der Waals surface area contributed by atoms with E-state index >= 15 is 0 Å². The van der Waals surface area contributed by atoms with Crippen LogP contribution in [-0.4, -0.2) is 55.8 Å². The first-order chi connectivity index (χ1) is 9.31. The van der Waals surface area contributed by atoms with Crippen molar-refractivity contribution in [1.82, 2.24) is 14.0 Å². The minimum absolute atomic E-state index is 0.116. The summed E-state index contributed by atoms with van der Waals surface area (Å²) in [5.41, 5.74) is 0. The number of hydrogen-bond acceptors (Lipinski definition) is 3. The molecule has 1 aliphatic carbocycles. The van der Waals surface area contributed by atoms with E-state index in [4.69, 9.17) is 0 Å². The molecule has 2 fully saturated rings. The maximum Gasteiger partial charge on any atom is 0.177 e. The topological polar surface area (TPSA) is 9.72 Å².